The van der Waals surface area contributed by atoms with Crippen molar-refractivity contribution in [3.63, 3.8) is 0 Å². The van der Waals surface area contributed by atoms with Gasteiger partial charge in [-0.3, -0.25) is 37.5 Å². The zero-order valence-electron chi connectivity index (χ0n) is 38.5. The molecule has 0 aliphatic heterocycles. The highest BCUT2D eigenvalue weighted by atomic mass is 127. The fraction of sp³-hybridized carbons (Fsp3) is 0.364. The number of nitrogens with zero attached hydrogens (tertiary/aromatic N) is 4. The van der Waals surface area contributed by atoms with Crippen LogP contribution in [0.25, 0.3) is 0 Å². The summed E-state index contributed by atoms with van der Waals surface area (Å²) < 4.78 is 21.9. The molecule has 0 spiro atoms. The van der Waals surface area contributed by atoms with Crippen LogP contribution in [0, 0.1) is 7.14 Å². The van der Waals surface area contributed by atoms with Crippen LogP contribution < -0.4 is 49.2 Å². The van der Waals surface area contributed by atoms with Crippen molar-refractivity contribution in [2.45, 2.75) is 52.7 Å². The summed E-state index contributed by atoms with van der Waals surface area (Å²) in [4.78, 5) is 85.1. The van der Waals surface area contributed by atoms with Crippen molar-refractivity contribution >= 4 is 103 Å². The van der Waals surface area contributed by atoms with Crippen LogP contribution in [0.5, 0.6) is 5.75 Å². The van der Waals surface area contributed by atoms with Gasteiger partial charge in [-0.2, -0.15) is 0 Å². The average Bonchev–Trinajstić information content (AvgIpc) is 3.24. The van der Waals surface area contributed by atoms with Crippen molar-refractivity contribution in [1.29, 1.82) is 0 Å². The second-order valence-corrected chi connectivity index (χ2v) is 19.4. The summed E-state index contributed by atoms with van der Waals surface area (Å²) >= 11 is 16.7. The summed E-state index contributed by atoms with van der Waals surface area (Å²) in [5.74, 6) is 3.37. The molecule has 5 aromatic rings. The molecule has 5 rings (SSSR count). The minimum absolute atomic E-state index is 0.00162. The van der Waals surface area contributed by atoms with E-state index in [-0.39, 0.29) is 52.9 Å². The van der Waals surface area contributed by atoms with Crippen LogP contribution in [0.1, 0.15) is 62.3 Å². The van der Waals surface area contributed by atoms with E-state index in [1.165, 1.54) is 28.2 Å². The van der Waals surface area contributed by atoms with Gasteiger partial charge in [0, 0.05) is 35.3 Å². The first-order chi connectivity index (χ1) is 31.3. The molecule has 0 saturated carbocycles. The normalized spacial score (nSPS) is 11.1. The predicted molar refractivity (Wildman–Crippen MR) is 275 cm³/mol. The van der Waals surface area contributed by atoms with E-state index in [0.717, 1.165) is 25.4 Å². The molecule has 3 aromatic carbocycles. The highest BCUT2D eigenvalue weighted by Crippen LogP contribution is 2.29. The van der Waals surface area contributed by atoms with Crippen molar-refractivity contribution < 1.29 is 33.5 Å². The third-order valence-electron chi connectivity index (χ3n) is 8.70. The minimum atomic E-state index is -0.883. The molecule has 0 unspecified atom stereocenters. The van der Waals surface area contributed by atoms with Crippen LogP contribution in [0.4, 0.5) is 23.0 Å². The number of anilines is 4. The van der Waals surface area contributed by atoms with Crippen LogP contribution in [0.15, 0.2) is 85.9 Å². The summed E-state index contributed by atoms with van der Waals surface area (Å²) in [5.41, 5.74) is -0.634. The number of carbonyl (C=O) groups is 2. The Morgan fingerprint density at radius 2 is 1.06 bits per heavy atom. The van der Waals surface area contributed by atoms with E-state index in [0.29, 0.717) is 34.6 Å². The van der Waals surface area contributed by atoms with Crippen molar-refractivity contribution in [2.24, 2.45) is 34.1 Å². The SMILES string of the molecule is CC(C)(C)OCCON.Cn1c(Nc2ccc(I)cc2Cl)c(C(=O)NOCCOC(C)(C)C)c(=O)n(C)c1=O.Cn1c(Nc2ccc(I)cc2Cl)c(C(=O)Oc2ccccc2)c(=O)n(C)c1=O. The zero-order chi connectivity index (χ0) is 50.4. The number of hydrogen-bond acceptors (Lipinski definition) is 14. The monoisotopic (exact) mass is 1190 g/mol. The van der Waals surface area contributed by atoms with Gasteiger partial charge in [-0.15, -0.1) is 0 Å². The Balaban J connectivity index is 0.000000301. The van der Waals surface area contributed by atoms with Gasteiger partial charge in [0.15, 0.2) is 5.56 Å². The summed E-state index contributed by atoms with van der Waals surface area (Å²) in [5, 5.41) is 6.60. The Bertz CT molecular complexity index is 2770. The smallest absolute Gasteiger partial charge is 0.352 e. The highest BCUT2D eigenvalue weighted by molar-refractivity contribution is 14.1. The maximum Gasteiger partial charge on any atom is 0.352 e. The van der Waals surface area contributed by atoms with E-state index in [1.807, 2.05) is 41.5 Å². The third-order valence-corrected chi connectivity index (χ3v) is 10.7. The van der Waals surface area contributed by atoms with Gasteiger partial charge in [0.2, 0.25) is 0 Å². The fourth-order valence-corrected chi connectivity index (χ4v) is 7.21. The van der Waals surface area contributed by atoms with Gasteiger partial charge in [-0.05, 0) is 135 Å². The Labute approximate surface area is 424 Å². The quantitative estimate of drug-likeness (QED) is 0.0304. The molecule has 364 valence electrons. The van der Waals surface area contributed by atoms with Crippen LogP contribution in [-0.4, -0.2) is 67.8 Å². The first-order valence-electron chi connectivity index (χ1n) is 20.1. The molecule has 19 nitrogen and oxygen atoms in total. The molecule has 0 fully saturated rings. The van der Waals surface area contributed by atoms with Crippen molar-refractivity contribution in [1.82, 2.24) is 23.7 Å². The summed E-state index contributed by atoms with van der Waals surface area (Å²) in [6.45, 7) is 13.0. The number of hydrogen-bond donors (Lipinski definition) is 4. The number of ether oxygens (including phenoxy) is 3. The molecule has 0 radical (unpaired) electrons. The molecule has 0 saturated heterocycles. The average molecular weight is 1200 g/mol. The molecule has 5 N–H and O–H groups in total. The molecular weight excluding hydrogens is 1140 g/mol. The van der Waals surface area contributed by atoms with Gasteiger partial charge in [-0.1, -0.05) is 41.4 Å². The number of nitrogens with two attached hydrogens (primary N) is 1. The fourth-order valence-electron chi connectivity index (χ4n) is 5.41. The summed E-state index contributed by atoms with van der Waals surface area (Å²) in [6.07, 6.45) is 0. The molecule has 2 aromatic heterocycles. The molecule has 0 bridgehead atoms. The van der Waals surface area contributed by atoms with E-state index in [4.69, 9.17) is 48.1 Å². The largest absolute Gasteiger partial charge is 0.423 e. The van der Waals surface area contributed by atoms with Gasteiger partial charge >= 0.3 is 17.3 Å². The number of rotatable bonds is 14. The van der Waals surface area contributed by atoms with Crippen molar-refractivity contribution in [3.8, 4) is 5.75 Å². The Hall–Kier alpha value is -4.60. The second kappa shape index (κ2) is 25.7. The van der Waals surface area contributed by atoms with Gasteiger partial charge < -0.3 is 29.7 Å². The molecule has 1 amide bonds. The molecule has 2 heterocycles. The summed E-state index contributed by atoms with van der Waals surface area (Å²) in [6, 6.07) is 18.8. The first-order valence-corrected chi connectivity index (χ1v) is 23.0. The minimum Gasteiger partial charge on any atom is -0.423 e. The number of nitrogens with one attached hydrogen (secondary N) is 3. The Morgan fingerprint density at radius 1 is 0.627 bits per heavy atom. The molecular formula is C44H54Cl2I2N8O11. The maximum absolute atomic E-state index is 12.8. The molecule has 0 aliphatic rings. The van der Waals surface area contributed by atoms with E-state index in [1.54, 1.807) is 66.7 Å². The number of aromatic nitrogens is 4. The van der Waals surface area contributed by atoms with Crippen molar-refractivity contribution in [3.05, 3.63) is 137 Å². The predicted octanol–water partition coefficient (Wildman–Crippen LogP) is 6.56. The number of amides is 1. The lowest BCUT2D eigenvalue weighted by atomic mass is 10.2. The number of halogens is 4. The van der Waals surface area contributed by atoms with Crippen LogP contribution in [-0.2, 0) is 47.3 Å². The molecule has 23 heteroatoms. The Kier molecular flexibility index (Phi) is 21.7. The zero-order valence-corrected chi connectivity index (χ0v) is 44.4. The van der Waals surface area contributed by atoms with Gasteiger partial charge in [0.25, 0.3) is 17.0 Å². The van der Waals surface area contributed by atoms with Gasteiger partial charge in [0.1, 0.15) is 22.9 Å². The lowest BCUT2D eigenvalue weighted by Crippen LogP contribution is -2.43. The second-order valence-electron chi connectivity index (χ2n) is 16.1. The first kappa shape index (κ1) is 56.7. The van der Waals surface area contributed by atoms with Crippen LogP contribution in [0.3, 0.4) is 0 Å². The number of para-hydroxylation sites is 1. The number of esters is 1. The number of carbonyl (C=O) groups excluding carboxylic acids is 2. The van der Waals surface area contributed by atoms with Crippen LogP contribution >= 0.6 is 68.4 Å². The molecule has 67 heavy (non-hydrogen) atoms. The molecule has 0 aliphatic carbocycles. The van der Waals surface area contributed by atoms with Crippen molar-refractivity contribution in [2.75, 3.05) is 37.1 Å². The summed E-state index contributed by atoms with van der Waals surface area (Å²) in [7, 11) is 5.48. The van der Waals surface area contributed by atoms with E-state index in [9.17, 15) is 28.8 Å². The van der Waals surface area contributed by atoms with E-state index < -0.39 is 34.4 Å². The number of benzene rings is 3. The number of hydroxylamine groups is 1. The lowest BCUT2D eigenvalue weighted by Gasteiger charge is -2.19. The standard InChI is InChI=1S/C19H24ClIN4O5.C19H15ClIN3O4.C6H15NO2/c1-19(2,3)29-8-9-30-23-16(26)14-15(24(4)18(28)25(5)17(14)27)22-13-7-6-11(21)10-12(13)20;1-23-16(22-14-9-8-11(21)10-13(14)20)15(17(25)24(2)19(23)27)18(26)28-12-6-4-3-5-7-12;1-6(2,3)8-4-5-9-7/h6-7,10,22H,8-9H2,1-5H3,(H,23,26);3-10,22H,1-2H3;4-5,7H2,1-3H3. The third kappa shape index (κ3) is 17.1. The Morgan fingerprint density at radius 3 is 1.49 bits per heavy atom. The van der Waals surface area contributed by atoms with E-state index >= 15 is 0 Å². The molecule has 0 atom stereocenters. The highest BCUT2D eigenvalue weighted by Gasteiger charge is 2.26. The van der Waals surface area contributed by atoms with E-state index in [2.05, 4.69) is 66.1 Å². The van der Waals surface area contributed by atoms with Gasteiger partial charge in [-0.25, -0.2) is 25.8 Å². The van der Waals surface area contributed by atoms with Crippen LogP contribution in [0.2, 0.25) is 10.0 Å². The lowest BCUT2D eigenvalue weighted by molar-refractivity contribution is -0.0511. The van der Waals surface area contributed by atoms with Gasteiger partial charge in [0.05, 0.1) is 59.0 Å². The maximum atomic E-state index is 12.8. The topological polar surface area (TPSA) is 230 Å².